The summed E-state index contributed by atoms with van der Waals surface area (Å²) in [6.45, 7) is 0.987. The second kappa shape index (κ2) is 9.04. The van der Waals surface area contributed by atoms with Crippen LogP contribution in [0, 0.1) is 5.82 Å². The highest BCUT2D eigenvalue weighted by atomic mass is 19.1. The van der Waals surface area contributed by atoms with Crippen LogP contribution in [0.4, 0.5) is 15.8 Å². The lowest BCUT2D eigenvalue weighted by Gasteiger charge is -2.30. The highest BCUT2D eigenvalue weighted by Gasteiger charge is 2.38. The van der Waals surface area contributed by atoms with Crippen LogP contribution in [-0.2, 0) is 9.59 Å². The van der Waals surface area contributed by atoms with Crippen molar-refractivity contribution in [2.24, 2.45) is 0 Å². The first-order valence-corrected chi connectivity index (χ1v) is 10.3. The van der Waals surface area contributed by atoms with Gasteiger partial charge in [-0.15, -0.1) is 0 Å². The highest BCUT2D eigenvalue weighted by molar-refractivity contribution is 6.23. The quantitative estimate of drug-likeness (QED) is 0.589. The highest BCUT2D eigenvalue weighted by Crippen LogP contribution is 2.24. The van der Waals surface area contributed by atoms with Crippen molar-refractivity contribution in [2.75, 3.05) is 16.8 Å². The minimum absolute atomic E-state index is 0.235. The molecule has 1 unspecified atom stereocenters. The molecule has 0 radical (unpaired) electrons. The molecule has 0 aliphatic carbocycles. The molecule has 1 aliphatic heterocycles. The fourth-order valence-electron chi connectivity index (χ4n) is 3.70. The third-order valence-electron chi connectivity index (χ3n) is 5.33. The van der Waals surface area contributed by atoms with Crippen molar-refractivity contribution in [3.8, 4) is 0 Å². The van der Waals surface area contributed by atoms with Gasteiger partial charge in [0.15, 0.2) is 0 Å². The number of para-hydroxylation sites is 1. The zero-order chi connectivity index (χ0) is 23.5. The number of halogens is 1. The number of amides is 4. The van der Waals surface area contributed by atoms with Crippen LogP contribution in [0.5, 0.6) is 0 Å². The summed E-state index contributed by atoms with van der Waals surface area (Å²) in [5.74, 6) is -2.80. The first kappa shape index (κ1) is 21.9. The van der Waals surface area contributed by atoms with E-state index < -0.39 is 42.0 Å². The van der Waals surface area contributed by atoms with Crippen LogP contribution in [-0.4, -0.2) is 41.1 Å². The molecule has 0 aromatic heterocycles. The summed E-state index contributed by atoms with van der Waals surface area (Å²) in [7, 11) is 0. The first-order chi connectivity index (χ1) is 15.9. The summed E-state index contributed by atoms with van der Waals surface area (Å²) in [5, 5.41) is 2.59. The summed E-state index contributed by atoms with van der Waals surface area (Å²) in [6, 6.07) is 19.2. The molecule has 1 aliphatic rings. The zero-order valence-corrected chi connectivity index (χ0v) is 17.7. The summed E-state index contributed by atoms with van der Waals surface area (Å²) >= 11 is 0. The molecule has 0 saturated carbocycles. The Morgan fingerprint density at radius 3 is 2.12 bits per heavy atom. The predicted octanol–water partition coefficient (Wildman–Crippen LogP) is 3.48. The molecule has 0 spiro atoms. The van der Waals surface area contributed by atoms with Gasteiger partial charge in [0, 0.05) is 11.4 Å². The smallest absolute Gasteiger partial charge is 0.262 e. The fraction of sp³-hybridized carbons (Fsp3) is 0.120. The third kappa shape index (κ3) is 4.36. The van der Waals surface area contributed by atoms with Crippen LogP contribution in [0.25, 0.3) is 0 Å². The number of carbonyl (C=O) groups is 4. The largest absolute Gasteiger partial charge is 0.324 e. The predicted molar refractivity (Wildman–Crippen MR) is 120 cm³/mol. The van der Waals surface area contributed by atoms with E-state index in [1.165, 1.54) is 42.2 Å². The minimum atomic E-state index is -1.02. The number of nitrogens with zero attached hydrogens (tertiary/aromatic N) is 2. The number of nitrogens with one attached hydrogen (secondary N) is 1. The number of hydrogen-bond donors (Lipinski definition) is 1. The number of carbonyl (C=O) groups excluding carboxylic acids is 4. The molecule has 7 nitrogen and oxygen atoms in total. The van der Waals surface area contributed by atoms with Crippen molar-refractivity contribution >= 4 is 35.0 Å². The van der Waals surface area contributed by atoms with Crippen LogP contribution in [0.3, 0.4) is 0 Å². The van der Waals surface area contributed by atoms with Crippen molar-refractivity contribution in [3.63, 3.8) is 0 Å². The standard InChI is InChI=1S/C25H20FN3O4/c1-16(23(31)27-18-9-7-8-17(26)14-18)29(19-10-3-2-4-11-19)22(30)15-28-24(32)20-12-5-6-13-21(20)25(28)33/h2-14,16H,15H2,1H3,(H,27,31). The molecule has 0 bridgehead atoms. The number of hydrogen-bond acceptors (Lipinski definition) is 4. The van der Waals surface area contributed by atoms with Gasteiger partial charge in [0.1, 0.15) is 18.4 Å². The summed E-state index contributed by atoms with van der Waals surface area (Å²) in [6.07, 6.45) is 0. The van der Waals surface area contributed by atoms with Crippen LogP contribution >= 0.6 is 0 Å². The molecule has 3 aromatic carbocycles. The molecule has 0 saturated heterocycles. The van der Waals surface area contributed by atoms with Crippen LogP contribution in [0.2, 0.25) is 0 Å². The Morgan fingerprint density at radius 2 is 1.52 bits per heavy atom. The monoisotopic (exact) mass is 445 g/mol. The minimum Gasteiger partial charge on any atom is -0.324 e. The maximum atomic E-state index is 13.5. The molecule has 166 valence electrons. The molecular weight excluding hydrogens is 425 g/mol. The normalized spacial score (nSPS) is 13.5. The van der Waals surface area contributed by atoms with Crippen molar-refractivity contribution in [1.82, 2.24) is 4.90 Å². The molecule has 1 N–H and O–H groups in total. The van der Waals surface area contributed by atoms with Crippen molar-refractivity contribution < 1.29 is 23.6 Å². The van der Waals surface area contributed by atoms with Gasteiger partial charge in [-0.25, -0.2) is 4.39 Å². The number of rotatable bonds is 6. The zero-order valence-electron chi connectivity index (χ0n) is 17.7. The van der Waals surface area contributed by atoms with Crippen molar-refractivity contribution in [1.29, 1.82) is 0 Å². The third-order valence-corrected chi connectivity index (χ3v) is 5.33. The van der Waals surface area contributed by atoms with E-state index in [4.69, 9.17) is 0 Å². The Balaban J connectivity index is 1.58. The van der Waals surface area contributed by atoms with E-state index >= 15 is 0 Å². The lowest BCUT2D eigenvalue weighted by molar-refractivity contribution is -0.123. The molecule has 4 amide bonds. The summed E-state index contributed by atoms with van der Waals surface area (Å²) in [4.78, 5) is 53.7. The van der Waals surface area contributed by atoms with Gasteiger partial charge in [-0.1, -0.05) is 36.4 Å². The Labute approximate surface area is 189 Å². The lowest BCUT2D eigenvalue weighted by atomic mass is 10.1. The van der Waals surface area contributed by atoms with E-state index in [0.717, 1.165) is 11.0 Å². The van der Waals surface area contributed by atoms with E-state index in [1.54, 1.807) is 42.5 Å². The van der Waals surface area contributed by atoms with Crippen LogP contribution in [0.1, 0.15) is 27.6 Å². The molecule has 3 aromatic rings. The fourth-order valence-corrected chi connectivity index (χ4v) is 3.70. The number of imide groups is 1. The van der Waals surface area contributed by atoms with Gasteiger partial charge in [-0.3, -0.25) is 29.0 Å². The number of anilines is 2. The van der Waals surface area contributed by atoms with E-state index in [-0.39, 0.29) is 16.8 Å². The van der Waals surface area contributed by atoms with E-state index in [9.17, 15) is 23.6 Å². The van der Waals surface area contributed by atoms with Gasteiger partial charge in [0.05, 0.1) is 11.1 Å². The van der Waals surface area contributed by atoms with Gasteiger partial charge >= 0.3 is 0 Å². The molecule has 8 heteroatoms. The van der Waals surface area contributed by atoms with Crippen molar-refractivity contribution in [3.05, 3.63) is 95.8 Å². The molecule has 1 atom stereocenters. The van der Waals surface area contributed by atoms with Gasteiger partial charge in [0.2, 0.25) is 11.8 Å². The maximum Gasteiger partial charge on any atom is 0.262 e. The van der Waals surface area contributed by atoms with Gasteiger partial charge in [-0.2, -0.15) is 0 Å². The second-order valence-electron chi connectivity index (χ2n) is 7.52. The van der Waals surface area contributed by atoms with E-state index in [2.05, 4.69) is 5.32 Å². The van der Waals surface area contributed by atoms with Crippen molar-refractivity contribution in [2.45, 2.75) is 13.0 Å². The average Bonchev–Trinajstić information content (AvgIpc) is 3.05. The number of benzene rings is 3. The molecule has 33 heavy (non-hydrogen) atoms. The topological polar surface area (TPSA) is 86.8 Å². The summed E-state index contributed by atoms with van der Waals surface area (Å²) in [5.41, 5.74) is 1.13. The Bertz CT molecular complexity index is 1210. The second-order valence-corrected chi connectivity index (χ2v) is 7.52. The first-order valence-electron chi connectivity index (χ1n) is 10.3. The SMILES string of the molecule is CC(C(=O)Nc1cccc(F)c1)N(C(=O)CN1C(=O)c2ccccc2C1=O)c1ccccc1. The Morgan fingerprint density at radius 1 is 0.909 bits per heavy atom. The van der Waals surface area contributed by atoms with Gasteiger partial charge in [-0.05, 0) is 49.4 Å². The maximum absolute atomic E-state index is 13.5. The Hall–Kier alpha value is -4.33. The molecule has 0 fully saturated rings. The van der Waals surface area contributed by atoms with E-state index in [0.29, 0.717) is 5.69 Å². The van der Waals surface area contributed by atoms with Gasteiger partial charge in [0.25, 0.3) is 11.8 Å². The molecular formula is C25H20FN3O4. The molecule has 4 rings (SSSR count). The Kier molecular flexibility index (Phi) is 5.99. The van der Waals surface area contributed by atoms with Gasteiger partial charge < -0.3 is 5.32 Å². The number of fused-ring (bicyclic) bond motifs is 1. The average molecular weight is 445 g/mol. The van der Waals surface area contributed by atoms with Crippen LogP contribution < -0.4 is 10.2 Å². The molecule has 1 heterocycles. The lowest BCUT2D eigenvalue weighted by Crippen LogP contribution is -2.50. The van der Waals surface area contributed by atoms with Crippen LogP contribution in [0.15, 0.2) is 78.9 Å². The summed E-state index contributed by atoms with van der Waals surface area (Å²) < 4.78 is 13.5. The van der Waals surface area contributed by atoms with E-state index in [1.807, 2.05) is 0 Å².